The lowest BCUT2D eigenvalue weighted by atomic mass is 10.5. The van der Waals surface area contributed by atoms with Crippen molar-refractivity contribution in [2.75, 3.05) is 11.5 Å². The van der Waals surface area contributed by atoms with Gasteiger partial charge in [0.05, 0.1) is 0 Å². The van der Waals surface area contributed by atoms with Crippen molar-refractivity contribution >= 4 is 10.8 Å². The number of allylic oxidation sites excluding steroid dienone is 2. The first-order valence-electron chi connectivity index (χ1n) is 2.56. The predicted octanol–water partition coefficient (Wildman–Crippen LogP) is 0.861. The van der Waals surface area contributed by atoms with E-state index in [1.165, 1.54) is 0 Å². The highest BCUT2D eigenvalue weighted by Gasteiger charge is 1.92. The quantitative estimate of drug-likeness (QED) is 0.473. The highest BCUT2D eigenvalue weighted by Crippen LogP contribution is 1.91. The molecule has 44 valence electrons. The van der Waals surface area contributed by atoms with Crippen LogP contribution in [-0.2, 0) is 10.8 Å². The van der Waals surface area contributed by atoms with E-state index in [-0.39, 0.29) is 0 Å². The largest absolute Gasteiger partial charge is 0.259 e. The van der Waals surface area contributed by atoms with Gasteiger partial charge in [0.25, 0.3) is 0 Å². The van der Waals surface area contributed by atoms with Crippen LogP contribution < -0.4 is 0 Å². The maximum absolute atomic E-state index is 10.7. The van der Waals surface area contributed by atoms with Gasteiger partial charge in [0, 0.05) is 22.3 Å². The highest BCUT2D eigenvalue weighted by atomic mass is 32.2. The Morgan fingerprint density at radius 2 is 1.62 bits per heavy atom. The normalized spacial score (nSPS) is 21.0. The maximum Gasteiger partial charge on any atom is 0.0421 e. The Labute approximate surface area is 51.6 Å². The molecule has 0 atom stereocenters. The lowest BCUT2D eigenvalue weighted by molar-refractivity contribution is 0.687. The van der Waals surface area contributed by atoms with Crippen molar-refractivity contribution in [2.24, 2.45) is 0 Å². The van der Waals surface area contributed by atoms with Gasteiger partial charge in [-0.3, -0.25) is 4.21 Å². The minimum absolute atomic E-state index is 0.631. The molecule has 0 aromatic carbocycles. The van der Waals surface area contributed by atoms with E-state index in [0.717, 1.165) is 0 Å². The zero-order valence-corrected chi connectivity index (χ0v) is 5.36. The smallest absolute Gasteiger partial charge is 0.0421 e. The van der Waals surface area contributed by atoms with Gasteiger partial charge in [-0.15, -0.1) is 0 Å². The summed E-state index contributed by atoms with van der Waals surface area (Å²) in [4.78, 5) is 0. The van der Waals surface area contributed by atoms with Crippen LogP contribution in [0.2, 0.25) is 0 Å². The van der Waals surface area contributed by atoms with Crippen LogP contribution in [0.4, 0.5) is 0 Å². The van der Waals surface area contributed by atoms with Crippen LogP contribution in [0.15, 0.2) is 24.3 Å². The van der Waals surface area contributed by atoms with Crippen LogP contribution >= 0.6 is 0 Å². The molecule has 0 spiro atoms. The fourth-order valence-corrected chi connectivity index (χ4v) is 1.34. The van der Waals surface area contributed by atoms with Crippen molar-refractivity contribution in [2.45, 2.75) is 0 Å². The van der Waals surface area contributed by atoms with Crippen molar-refractivity contribution in [1.29, 1.82) is 0 Å². The van der Waals surface area contributed by atoms with Gasteiger partial charge in [-0.1, -0.05) is 24.3 Å². The van der Waals surface area contributed by atoms with Crippen molar-refractivity contribution in [3.63, 3.8) is 0 Å². The molecular weight excluding hydrogens is 120 g/mol. The predicted molar refractivity (Wildman–Crippen MR) is 36.2 cm³/mol. The summed E-state index contributed by atoms with van der Waals surface area (Å²) in [6, 6.07) is 0. The second kappa shape index (κ2) is 2.82. The summed E-state index contributed by atoms with van der Waals surface area (Å²) >= 11 is 0. The van der Waals surface area contributed by atoms with E-state index in [0.29, 0.717) is 11.5 Å². The molecule has 0 radical (unpaired) electrons. The minimum Gasteiger partial charge on any atom is -0.259 e. The van der Waals surface area contributed by atoms with Gasteiger partial charge in [-0.25, -0.2) is 0 Å². The zero-order valence-electron chi connectivity index (χ0n) is 4.54. The molecule has 1 aliphatic rings. The summed E-state index contributed by atoms with van der Waals surface area (Å²) in [5.74, 6) is 1.43. The molecule has 1 rings (SSSR count). The fraction of sp³-hybridized carbons (Fsp3) is 0.333. The van der Waals surface area contributed by atoms with E-state index in [1.54, 1.807) is 0 Å². The van der Waals surface area contributed by atoms with Crippen LogP contribution in [0.1, 0.15) is 0 Å². The lowest BCUT2D eigenvalue weighted by Crippen LogP contribution is -1.94. The van der Waals surface area contributed by atoms with Gasteiger partial charge in [-0.2, -0.15) is 0 Å². The van der Waals surface area contributed by atoms with E-state index in [4.69, 9.17) is 0 Å². The van der Waals surface area contributed by atoms with Gasteiger partial charge in [0.15, 0.2) is 0 Å². The molecular formula is C6H8OS. The molecule has 0 saturated carbocycles. The van der Waals surface area contributed by atoms with Gasteiger partial charge in [-0.05, 0) is 0 Å². The van der Waals surface area contributed by atoms with Gasteiger partial charge >= 0.3 is 0 Å². The Kier molecular flexibility index (Phi) is 2.03. The Balaban J connectivity index is 2.58. The Bertz CT molecular complexity index is 131. The first-order chi connectivity index (χ1) is 3.89. The summed E-state index contributed by atoms with van der Waals surface area (Å²) in [6.45, 7) is 0. The maximum atomic E-state index is 10.7. The molecule has 0 aromatic heterocycles. The second-order valence-corrected chi connectivity index (χ2v) is 3.18. The summed E-state index contributed by atoms with van der Waals surface area (Å²) < 4.78 is 10.7. The third-order valence-electron chi connectivity index (χ3n) is 0.948. The van der Waals surface area contributed by atoms with Crippen LogP contribution in [0.5, 0.6) is 0 Å². The van der Waals surface area contributed by atoms with E-state index in [1.807, 2.05) is 24.3 Å². The van der Waals surface area contributed by atoms with Crippen LogP contribution in [-0.4, -0.2) is 15.7 Å². The van der Waals surface area contributed by atoms with Crippen molar-refractivity contribution in [1.82, 2.24) is 0 Å². The summed E-state index contributed by atoms with van der Waals surface area (Å²) in [7, 11) is -0.631. The molecule has 1 heterocycles. The summed E-state index contributed by atoms with van der Waals surface area (Å²) in [6.07, 6.45) is 7.73. The third kappa shape index (κ3) is 1.62. The van der Waals surface area contributed by atoms with Crippen molar-refractivity contribution in [3.05, 3.63) is 24.3 Å². The lowest BCUT2D eigenvalue weighted by Gasteiger charge is -1.85. The molecule has 0 unspecified atom stereocenters. The third-order valence-corrected chi connectivity index (χ3v) is 2.08. The van der Waals surface area contributed by atoms with Crippen LogP contribution in [0.25, 0.3) is 0 Å². The standard InChI is InChI=1S/C6H8OS/c7-8-5-3-1-2-4-6-8/h1-4H,5-6H2. The first-order valence-corrected chi connectivity index (χ1v) is 4.05. The van der Waals surface area contributed by atoms with E-state index >= 15 is 0 Å². The average Bonchev–Trinajstić information content (AvgIpc) is 1.94. The van der Waals surface area contributed by atoms with Crippen molar-refractivity contribution in [3.8, 4) is 0 Å². The molecule has 0 saturated heterocycles. The van der Waals surface area contributed by atoms with Crippen LogP contribution in [0, 0.1) is 0 Å². The molecule has 0 amide bonds. The number of hydrogen-bond acceptors (Lipinski definition) is 1. The Morgan fingerprint density at radius 3 is 2.12 bits per heavy atom. The molecule has 8 heavy (non-hydrogen) atoms. The van der Waals surface area contributed by atoms with Crippen LogP contribution in [0.3, 0.4) is 0 Å². The highest BCUT2D eigenvalue weighted by molar-refractivity contribution is 7.85. The molecule has 0 aliphatic carbocycles. The second-order valence-electron chi connectivity index (χ2n) is 1.63. The summed E-state index contributed by atoms with van der Waals surface area (Å²) in [5, 5.41) is 0. The van der Waals surface area contributed by atoms with E-state index in [2.05, 4.69) is 0 Å². The van der Waals surface area contributed by atoms with E-state index in [9.17, 15) is 4.21 Å². The molecule has 1 aliphatic heterocycles. The van der Waals surface area contributed by atoms with E-state index < -0.39 is 10.8 Å². The monoisotopic (exact) mass is 128 g/mol. The fourth-order valence-electron chi connectivity index (χ4n) is 0.551. The van der Waals surface area contributed by atoms with Gasteiger partial charge in [0.1, 0.15) is 0 Å². The average molecular weight is 128 g/mol. The molecule has 0 fully saturated rings. The molecule has 0 aromatic rings. The first kappa shape index (κ1) is 5.76. The minimum atomic E-state index is -0.631. The Hall–Kier alpha value is -0.370. The summed E-state index contributed by atoms with van der Waals surface area (Å²) in [5.41, 5.74) is 0. The topological polar surface area (TPSA) is 17.1 Å². The molecule has 2 heteroatoms. The van der Waals surface area contributed by atoms with Gasteiger partial charge < -0.3 is 0 Å². The number of hydrogen-bond donors (Lipinski definition) is 0. The molecule has 0 bridgehead atoms. The van der Waals surface area contributed by atoms with Crippen molar-refractivity contribution < 1.29 is 4.21 Å². The molecule has 1 nitrogen and oxygen atoms in total. The SMILES string of the molecule is O=S1CC=CC=CC1. The van der Waals surface area contributed by atoms with Gasteiger partial charge in [0.2, 0.25) is 0 Å². The zero-order chi connectivity index (χ0) is 5.82. The number of rotatable bonds is 0. The molecule has 0 N–H and O–H groups in total. The Morgan fingerprint density at radius 1 is 1.12 bits per heavy atom.